The van der Waals surface area contributed by atoms with Crippen LogP contribution in [0.2, 0.25) is 0 Å². The Kier molecular flexibility index (Phi) is 4.55. The average Bonchev–Trinajstić information content (AvgIpc) is 3.04. The lowest BCUT2D eigenvalue weighted by atomic mass is 10.1. The molecule has 1 aliphatic heterocycles. The lowest BCUT2D eigenvalue weighted by Crippen LogP contribution is -2.50. The minimum absolute atomic E-state index is 0.0135. The second-order valence-electron chi connectivity index (χ2n) is 6.48. The first kappa shape index (κ1) is 16.5. The summed E-state index contributed by atoms with van der Waals surface area (Å²) in [5.41, 5.74) is 2.54. The number of piperazine rings is 1. The third-order valence-electron chi connectivity index (χ3n) is 4.60. The van der Waals surface area contributed by atoms with Crippen LogP contribution in [0.3, 0.4) is 0 Å². The molecular weight excluding hydrogens is 304 g/mol. The van der Waals surface area contributed by atoms with Gasteiger partial charge in [0.25, 0.3) is 5.91 Å². The summed E-state index contributed by atoms with van der Waals surface area (Å²) < 4.78 is 2.10. The molecule has 0 spiro atoms. The number of amides is 2. The van der Waals surface area contributed by atoms with E-state index >= 15 is 0 Å². The number of carbonyl (C=O) groups is 2. The molecule has 0 unspecified atom stereocenters. The van der Waals surface area contributed by atoms with Gasteiger partial charge in [0.1, 0.15) is 0 Å². The first-order valence-electron chi connectivity index (χ1n) is 8.55. The SMILES string of the molecule is CCC(=O)N1CCN(C(=O)c2ccc3c(c2)ncn3C(C)C)CC1. The highest BCUT2D eigenvalue weighted by Gasteiger charge is 2.24. The van der Waals surface area contributed by atoms with Gasteiger partial charge < -0.3 is 14.4 Å². The van der Waals surface area contributed by atoms with Gasteiger partial charge in [-0.05, 0) is 32.0 Å². The van der Waals surface area contributed by atoms with Crippen LogP contribution < -0.4 is 0 Å². The van der Waals surface area contributed by atoms with Gasteiger partial charge in [-0.2, -0.15) is 0 Å². The Hall–Kier alpha value is -2.37. The number of nitrogens with zero attached hydrogens (tertiary/aromatic N) is 4. The molecule has 128 valence electrons. The molecule has 6 heteroatoms. The van der Waals surface area contributed by atoms with Crippen LogP contribution in [0.5, 0.6) is 0 Å². The molecule has 6 nitrogen and oxygen atoms in total. The van der Waals surface area contributed by atoms with Crippen molar-refractivity contribution < 1.29 is 9.59 Å². The van der Waals surface area contributed by atoms with E-state index in [9.17, 15) is 9.59 Å². The van der Waals surface area contributed by atoms with Crippen LogP contribution in [0, 0.1) is 0 Å². The molecule has 0 aliphatic carbocycles. The van der Waals surface area contributed by atoms with Gasteiger partial charge >= 0.3 is 0 Å². The molecule has 1 saturated heterocycles. The van der Waals surface area contributed by atoms with E-state index in [1.807, 2.05) is 41.2 Å². The lowest BCUT2D eigenvalue weighted by Gasteiger charge is -2.34. The van der Waals surface area contributed by atoms with Gasteiger partial charge in [-0.1, -0.05) is 6.92 Å². The molecule has 2 aromatic rings. The monoisotopic (exact) mass is 328 g/mol. The Balaban J connectivity index is 1.74. The van der Waals surface area contributed by atoms with Crippen molar-refractivity contribution in [2.45, 2.75) is 33.2 Å². The van der Waals surface area contributed by atoms with Crippen LogP contribution in [0.4, 0.5) is 0 Å². The number of benzene rings is 1. The molecule has 1 aliphatic rings. The molecule has 1 fully saturated rings. The van der Waals surface area contributed by atoms with E-state index in [1.165, 1.54) is 0 Å². The highest BCUT2D eigenvalue weighted by atomic mass is 16.2. The van der Waals surface area contributed by atoms with Gasteiger partial charge in [0.2, 0.25) is 5.91 Å². The second-order valence-corrected chi connectivity index (χ2v) is 6.48. The van der Waals surface area contributed by atoms with Gasteiger partial charge in [-0.25, -0.2) is 4.98 Å². The molecule has 2 amide bonds. The van der Waals surface area contributed by atoms with Crippen molar-refractivity contribution in [2.75, 3.05) is 26.2 Å². The fourth-order valence-electron chi connectivity index (χ4n) is 3.14. The van der Waals surface area contributed by atoms with Gasteiger partial charge in [0, 0.05) is 44.2 Å². The fourth-order valence-corrected chi connectivity index (χ4v) is 3.14. The standard InChI is InChI=1S/C18H24N4O2/c1-4-17(23)20-7-9-21(10-8-20)18(24)14-5-6-16-15(11-14)19-12-22(16)13(2)3/h5-6,11-13H,4,7-10H2,1-3H3. The zero-order valence-corrected chi connectivity index (χ0v) is 14.5. The molecule has 1 aromatic carbocycles. The minimum atomic E-state index is 0.0135. The first-order valence-corrected chi connectivity index (χ1v) is 8.55. The van der Waals surface area contributed by atoms with Crippen molar-refractivity contribution in [3.63, 3.8) is 0 Å². The number of hydrogen-bond donors (Lipinski definition) is 0. The number of imidazole rings is 1. The summed E-state index contributed by atoms with van der Waals surface area (Å²) in [7, 11) is 0. The molecule has 0 N–H and O–H groups in total. The molecule has 24 heavy (non-hydrogen) atoms. The summed E-state index contributed by atoms with van der Waals surface area (Å²) in [4.78, 5) is 32.5. The topological polar surface area (TPSA) is 58.4 Å². The van der Waals surface area contributed by atoms with E-state index in [4.69, 9.17) is 0 Å². The van der Waals surface area contributed by atoms with Gasteiger partial charge in [-0.3, -0.25) is 9.59 Å². The van der Waals surface area contributed by atoms with E-state index in [2.05, 4.69) is 23.4 Å². The van der Waals surface area contributed by atoms with Crippen LogP contribution in [-0.4, -0.2) is 57.3 Å². The third kappa shape index (κ3) is 3.00. The van der Waals surface area contributed by atoms with Crippen molar-refractivity contribution in [1.29, 1.82) is 0 Å². The summed E-state index contributed by atoms with van der Waals surface area (Å²) in [5, 5.41) is 0. The van der Waals surface area contributed by atoms with Crippen molar-refractivity contribution in [3.8, 4) is 0 Å². The van der Waals surface area contributed by atoms with Crippen LogP contribution in [0.25, 0.3) is 11.0 Å². The summed E-state index contributed by atoms with van der Waals surface area (Å²) in [6.07, 6.45) is 2.34. The number of carbonyl (C=O) groups excluding carboxylic acids is 2. The molecule has 3 rings (SSSR count). The first-order chi connectivity index (χ1) is 11.5. The van der Waals surface area contributed by atoms with Crippen molar-refractivity contribution >= 4 is 22.8 Å². The van der Waals surface area contributed by atoms with Crippen LogP contribution in [0.15, 0.2) is 24.5 Å². The number of aromatic nitrogens is 2. The number of rotatable bonds is 3. The normalized spacial score (nSPS) is 15.3. The third-order valence-corrected chi connectivity index (χ3v) is 4.60. The Morgan fingerprint density at radius 2 is 1.79 bits per heavy atom. The highest BCUT2D eigenvalue weighted by molar-refractivity contribution is 5.97. The molecule has 1 aromatic heterocycles. The van der Waals surface area contributed by atoms with E-state index < -0.39 is 0 Å². The van der Waals surface area contributed by atoms with Crippen LogP contribution >= 0.6 is 0 Å². The van der Waals surface area contributed by atoms with Crippen LogP contribution in [-0.2, 0) is 4.79 Å². The maximum atomic E-state index is 12.7. The smallest absolute Gasteiger partial charge is 0.254 e. The maximum absolute atomic E-state index is 12.7. The zero-order chi connectivity index (χ0) is 17.3. The second kappa shape index (κ2) is 6.63. The largest absolute Gasteiger partial charge is 0.339 e. The Bertz CT molecular complexity index is 757. The Morgan fingerprint density at radius 1 is 1.12 bits per heavy atom. The molecule has 0 bridgehead atoms. The summed E-state index contributed by atoms with van der Waals surface area (Å²) in [6, 6.07) is 6.03. The van der Waals surface area contributed by atoms with Gasteiger partial charge in [0.15, 0.2) is 0 Å². The van der Waals surface area contributed by atoms with E-state index in [1.54, 1.807) is 0 Å². The molecular formula is C18H24N4O2. The van der Waals surface area contributed by atoms with Crippen LogP contribution in [0.1, 0.15) is 43.6 Å². The Labute approximate surface area is 142 Å². The predicted octanol–water partition coefficient (Wildman–Crippen LogP) is 2.31. The number of fused-ring (bicyclic) bond motifs is 1. The van der Waals surface area contributed by atoms with Gasteiger partial charge in [-0.15, -0.1) is 0 Å². The molecule has 0 radical (unpaired) electrons. The lowest BCUT2D eigenvalue weighted by molar-refractivity contribution is -0.132. The Morgan fingerprint density at radius 3 is 2.42 bits per heavy atom. The van der Waals surface area contributed by atoms with Gasteiger partial charge in [0.05, 0.1) is 17.4 Å². The predicted molar refractivity (Wildman–Crippen MR) is 92.9 cm³/mol. The zero-order valence-electron chi connectivity index (χ0n) is 14.5. The van der Waals surface area contributed by atoms with E-state index in [0.717, 1.165) is 11.0 Å². The quantitative estimate of drug-likeness (QED) is 0.869. The maximum Gasteiger partial charge on any atom is 0.254 e. The van der Waals surface area contributed by atoms with E-state index in [0.29, 0.717) is 44.2 Å². The highest BCUT2D eigenvalue weighted by Crippen LogP contribution is 2.20. The summed E-state index contributed by atoms with van der Waals surface area (Å²) >= 11 is 0. The minimum Gasteiger partial charge on any atom is -0.339 e. The summed E-state index contributed by atoms with van der Waals surface area (Å²) in [5.74, 6) is 0.169. The van der Waals surface area contributed by atoms with Crippen molar-refractivity contribution in [2.24, 2.45) is 0 Å². The molecule has 0 saturated carbocycles. The van der Waals surface area contributed by atoms with E-state index in [-0.39, 0.29) is 11.8 Å². The summed E-state index contributed by atoms with van der Waals surface area (Å²) in [6.45, 7) is 8.48. The number of hydrogen-bond acceptors (Lipinski definition) is 3. The molecule has 2 heterocycles. The fraction of sp³-hybridized carbons (Fsp3) is 0.500. The van der Waals surface area contributed by atoms with Crippen molar-refractivity contribution in [3.05, 3.63) is 30.1 Å². The molecule has 0 atom stereocenters. The average molecular weight is 328 g/mol. The van der Waals surface area contributed by atoms with Crippen molar-refractivity contribution in [1.82, 2.24) is 19.4 Å².